The highest BCUT2D eigenvalue weighted by atomic mass is 16.5. The summed E-state index contributed by atoms with van der Waals surface area (Å²) in [5, 5.41) is 2.53. The lowest BCUT2D eigenvalue weighted by Gasteiger charge is -2.23. The molecule has 6 heteroatoms. The van der Waals surface area contributed by atoms with Crippen molar-refractivity contribution in [3.63, 3.8) is 0 Å². The molecule has 18 heavy (non-hydrogen) atoms. The smallest absolute Gasteiger partial charge is 0.307 e. The maximum Gasteiger partial charge on any atom is 0.307 e. The summed E-state index contributed by atoms with van der Waals surface area (Å²) in [6, 6.07) is -0.452. The van der Waals surface area contributed by atoms with Crippen molar-refractivity contribution < 1.29 is 19.1 Å². The van der Waals surface area contributed by atoms with E-state index in [-0.39, 0.29) is 18.3 Å². The number of ether oxygens (including phenoxy) is 1. The van der Waals surface area contributed by atoms with Crippen LogP contribution in [0.2, 0.25) is 0 Å². The van der Waals surface area contributed by atoms with Crippen LogP contribution >= 0.6 is 0 Å². The topological polar surface area (TPSA) is 75.7 Å². The number of esters is 1. The molecule has 0 aromatic heterocycles. The molecule has 1 saturated heterocycles. The molecule has 1 heterocycles. The quantitative estimate of drug-likeness (QED) is 0.539. The molecular formula is C12H20N2O4. The monoisotopic (exact) mass is 256 g/mol. The van der Waals surface area contributed by atoms with Crippen molar-refractivity contribution in [3.8, 4) is 0 Å². The van der Waals surface area contributed by atoms with Crippen LogP contribution in [0.3, 0.4) is 0 Å². The maximum absolute atomic E-state index is 12.1. The average molecular weight is 256 g/mol. The van der Waals surface area contributed by atoms with Crippen LogP contribution in [-0.4, -0.2) is 48.9 Å². The summed E-state index contributed by atoms with van der Waals surface area (Å²) in [6.07, 6.45) is 3.21. The Morgan fingerprint density at radius 1 is 1.56 bits per heavy atom. The molecule has 2 amide bonds. The van der Waals surface area contributed by atoms with E-state index >= 15 is 0 Å². The number of rotatable bonds is 6. The second-order valence-electron chi connectivity index (χ2n) is 4.21. The van der Waals surface area contributed by atoms with E-state index in [1.54, 1.807) is 11.8 Å². The first-order chi connectivity index (χ1) is 8.69. The van der Waals surface area contributed by atoms with E-state index in [0.717, 1.165) is 12.8 Å². The first kappa shape index (κ1) is 14.5. The lowest BCUT2D eigenvalue weighted by atomic mass is 10.1. The molecular weight excluding hydrogens is 236 g/mol. The van der Waals surface area contributed by atoms with Crippen molar-refractivity contribution >= 4 is 18.3 Å². The molecule has 0 aliphatic carbocycles. The molecule has 0 unspecified atom stereocenters. The van der Waals surface area contributed by atoms with Gasteiger partial charge in [0.1, 0.15) is 6.04 Å². The van der Waals surface area contributed by atoms with E-state index in [4.69, 9.17) is 4.74 Å². The SMILES string of the molecule is CCOC(=O)CCN1CCCC[C@H](NC=O)C1=O. The van der Waals surface area contributed by atoms with Gasteiger partial charge >= 0.3 is 5.97 Å². The first-order valence-electron chi connectivity index (χ1n) is 6.33. The second-order valence-corrected chi connectivity index (χ2v) is 4.21. The fraction of sp³-hybridized carbons (Fsp3) is 0.750. The third-order valence-electron chi connectivity index (χ3n) is 2.94. The predicted molar refractivity (Wildman–Crippen MR) is 64.7 cm³/mol. The molecule has 1 rings (SSSR count). The summed E-state index contributed by atoms with van der Waals surface area (Å²) < 4.78 is 4.83. The van der Waals surface area contributed by atoms with Gasteiger partial charge in [-0.1, -0.05) is 0 Å². The van der Waals surface area contributed by atoms with Crippen LogP contribution in [0.25, 0.3) is 0 Å². The number of hydrogen-bond acceptors (Lipinski definition) is 4. The molecule has 1 fully saturated rings. The van der Waals surface area contributed by atoms with E-state index in [1.807, 2.05) is 0 Å². The Morgan fingerprint density at radius 2 is 2.33 bits per heavy atom. The predicted octanol–water partition coefficient (Wildman–Crippen LogP) is 0.0667. The second kappa shape index (κ2) is 7.68. The van der Waals surface area contributed by atoms with Gasteiger partial charge in [-0.15, -0.1) is 0 Å². The molecule has 0 radical (unpaired) electrons. The van der Waals surface area contributed by atoms with Gasteiger partial charge < -0.3 is 15.0 Å². The summed E-state index contributed by atoms with van der Waals surface area (Å²) in [6.45, 7) is 3.09. The highest BCUT2D eigenvalue weighted by Gasteiger charge is 2.26. The van der Waals surface area contributed by atoms with E-state index in [0.29, 0.717) is 32.5 Å². The van der Waals surface area contributed by atoms with E-state index < -0.39 is 6.04 Å². The van der Waals surface area contributed by atoms with Gasteiger partial charge in [-0.3, -0.25) is 14.4 Å². The lowest BCUT2D eigenvalue weighted by molar-refractivity contribution is -0.144. The largest absolute Gasteiger partial charge is 0.466 e. The highest BCUT2D eigenvalue weighted by Crippen LogP contribution is 2.12. The van der Waals surface area contributed by atoms with E-state index in [1.165, 1.54) is 0 Å². The van der Waals surface area contributed by atoms with Gasteiger partial charge in [-0.2, -0.15) is 0 Å². The van der Waals surface area contributed by atoms with Gasteiger partial charge in [0.2, 0.25) is 12.3 Å². The Morgan fingerprint density at radius 3 is 3.00 bits per heavy atom. The zero-order chi connectivity index (χ0) is 13.4. The van der Waals surface area contributed by atoms with Crippen LogP contribution in [0.15, 0.2) is 0 Å². The molecule has 0 bridgehead atoms. The number of amides is 2. The number of likely N-dealkylation sites (tertiary alicyclic amines) is 1. The number of nitrogens with zero attached hydrogens (tertiary/aromatic N) is 1. The van der Waals surface area contributed by atoms with Gasteiger partial charge in [0, 0.05) is 13.1 Å². The molecule has 6 nitrogen and oxygen atoms in total. The molecule has 0 aromatic carbocycles. The van der Waals surface area contributed by atoms with Crippen molar-refractivity contribution in [1.29, 1.82) is 0 Å². The van der Waals surface area contributed by atoms with Gasteiger partial charge in [0.15, 0.2) is 0 Å². The van der Waals surface area contributed by atoms with Gasteiger partial charge in [0.05, 0.1) is 13.0 Å². The zero-order valence-electron chi connectivity index (χ0n) is 10.7. The Labute approximate surface area is 107 Å². The van der Waals surface area contributed by atoms with Crippen molar-refractivity contribution in [2.24, 2.45) is 0 Å². The van der Waals surface area contributed by atoms with Gasteiger partial charge in [-0.05, 0) is 26.2 Å². The lowest BCUT2D eigenvalue weighted by Crippen LogP contribution is -2.45. The molecule has 1 atom stereocenters. The third kappa shape index (κ3) is 4.35. The molecule has 1 N–H and O–H groups in total. The molecule has 0 aromatic rings. The average Bonchev–Trinajstić information content (AvgIpc) is 2.51. The van der Waals surface area contributed by atoms with E-state index in [9.17, 15) is 14.4 Å². The number of carbonyl (C=O) groups is 3. The van der Waals surface area contributed by atoms with Crippen LogP contribution in [0.5, 0.6) is 0 Å². The molecule has 0 spiro atoms. The Kier molecular flexibility index (Phi) is 6.18. The number of carbonyl (C=O) groups excluding carboxylic acids is 3. The van der Waals surface area contributed by atoms with Crippen LogP contribution in [0, 0.1) is 0 Å². The zero-order valence-corrected chi connectivity index (χ0v) is 10.7. The normalized spacial score (nSPS) is 20.2. The Bertz CT molecular complexity index is 306. The maximum atomic E-state index is 12.1. The first-order valence-corrected chi connectivity index (χ1v) is 6.33. The van der Waals surface area contributed by atoms with Crippen molar-refractivity contribution in [3.05, 3.63) is 0 Å². The minimum Gasteiger partial charge on any atom is -0.466 e. The Hall–Kier alpha value is -1.59. The fourth-order valence-electron chi connectivity index (χ4n) is 2.02. The van der Waals surface area contributed by atoms with Crippen molar-refractivity contribution in [2.45, 2.75) is 38.6 Å². The summed E-state index contributed by atoms with van der Waals surface area (Å²) in [5.74, 6) is -0.404. The fourth-order valence-corrected chi connectivity index (χ4v) is 2.02. The minimum absolute atomic E-state index is 0.108. The molecule has 0 saturated carbocycles. The van der Waals surface area contributed by atoms with Crippen LogP contribution in [0.1, 0.15) is 32.6 Å². The van der Waals surface area contributed by atoms with Crippen LogP contribution in [0.4, 0.5) is 0 Å². The highest BCUT2D eigenvalue weighted by molar-refractivity contribution is 5.84. The minimum atomic E-state index is -0.452. The van der Waals surface area contributed by atoms with Crippen LogP contribution in [-0.2, 0) is 19.1 Å². The number of nitrogens with one attached hydrogen (secondary N) is 1. The van der Waals surface area contributed by atoms with Crippen molar-refractivity contribution in [1.82, 2.24) is 10.2 Å². The van der Waals surface area contributed by atoms with Crippen molar-refractivity contribution in [2.75, 3.05) is 19.7 Å². The summed E-state index contributed by atoms with van der Waals surface area (Å²) >= 11 is 0. The van der Waals surface area contributed by atoms with Crippen LogP contribution < -0.4 is 5.32 Å². The number of hydrogen-bond donors (Lipinski definition) is 1. The standard InChI is InChI=1S/C12H20N2O4/c1-2-18-11(16)6-8-14-7-4-3-5-10(12(14)17)13-9-15/h9-10H,2-8H2,1H3,(H,13,15)/t10-/m0/s1. The molecule has 102 valence electrons. The Balaban J connectivity index is 2.49. The third-order valence-corrected chi connectivity index (χ3v) is 2.94. The molecule has 1 aliphatic rings. The molecule has 1 aliphatic heterocycles. The van der Waals surface area contributed by atoms with E-state index in [2.05, 4.69) is 5.32 Å². The summed E-state index contributed by atoms with van der Waals surface area (Å²) in [5.41, 5.74) is 0. The van der Waals surface area contributed by atoms with Gasteiger partial charge in [0.25, 0.3) is 0 Å². The van der Waals surface area contributed by atoms with Gasteiger partial charge in [-0.25, -0.2) is 0 Å². The summed E-state index contributed by atoms with van der Waals surface area (Å²) in [4.78, 5) is 35.4. The summed E-state index contributed by atoms with van der Waals surface area (Å²) in [7, 11) is 0.